The van der Waals surface area contributed by atoms with Gasteiger partial charge in [0.1, 0.15) is 0 Å². The highest BCUT2D eigenvalue weighted by molar-refractivity contribution is 7.89. The average Bonchev–Trinajstić information content (AvgIpc) is 2.88. The van der Waals surface area contributed by atoms with E-state index in [1.807, 2.05) is 12.1 Å². The number of hydrogen-bond donors (Lipinski definition) is 0. The minimum atomic E-state index is -3.36. The first kappa shape index (κ1) is 16.5. The van der Waals surface area contributed by atoms with E-state index in [9.17, 15) is 8.42 Å². The fourth-order valence-electron chi connectivity index (χ4n) is 2.99. The lowest BCUT2D eigenvalue weighted by Gasteiger charge is -2.27. The summed E-state index contributed by atoms with van der Waals surface area (Å²) < 4.78 is 27.4. The van der Waals surface area contributed by atoms with E-state index < -0.39 is 10.0 Å². The zero-order chi connectivity index (χ0) is 15.8. The summed E-state index contributed by atoms with van der Waals surface area (Å²) in [7, 11) is -3.36. The molecule has 1 aromatic rings. The Balaban J connectivity index is 2.32. The summed E-state index contributed by atoms with van der Waals surface area (Å²) in [4.78, 5) is 0.419. The molecule has 1 aliphatic heterocycles. The Morgan fingerprint density at radius 1 is 1.14 bits per heavy atom. The van der Waals surface area contributed by atoms with E-state index in [1.165, 1.54) is 0 Å². The first-order valence-corrected chi connectivity index (χ1v) is 9.20. The zero-order valence-corrected chi connectivity index (χ0v) is 14.6. The number of benzene rings is 1. The summed E-state index contributed by atoms with van der Waals surface area (Å²) in [5.41, 5.74) is 1.19. The number of rotatable bonds is 3. The first-order valence-electron chi connectivity index (χ1n) is 7.76. The Kier molecular flexibility index (Phi) is 4.50. The molecule has 1 unspecified atom stereocenters. The van der Waals surface area contributed by atoms with E-state index in [-0.39, 0.29) is 11.5 Å². The molecule has 0 radical (unpaired) electrons. The van der Waals surface area contributed by atoms with Gasteiger partial charge in [0.25, 0.3) is 0 Å². The highest BCUT2D eigenvalue weighted by Crippen LogP contribution is 2.31. The predicted octanol–water partition coefficient (Wildman–Crippen LogP) is 3.79. The third kappa shape index (κ3) is 3.32. The molecule has 1 aliphatic rings. The van der Waals surface area contributed by atoms with E-state index in [0.29, 0.717) is 17.4 Å². The molecule has 0 saturated carbocycles. The molecular weight excluding hydrogens is 282 g/mol. The lowest BCUT2D eigenvalue weighted by molar-refractivity contribution is 0.316. The van der Waals surface area contributed by atoms with E-state index in [2.05, 4.69) is 34.6 Å². The second kappa shape index (κ2) is 5.73. The van der Waals surface area contributed by atoms with E-state index in [1.54, 1.807) is 16.4 Å². The fraction of sp³-hybridized carbons (Fsp3) is 0.647. The van der Waals surface area contributed by atoms with Crippen LogP contribution in [0.3, 0.4) is 0 Å². The second-order valence-electron chi connectivity index (χ2n) is 7.34. The van der Waals surface area contributed by atoms with Gasteiger partial charge in [-0.3, -0.25) is 0 Å². The van der Waals surface area contributed by atoms with Crippen molar-refractivity contribution in [3.63, 3.8) is 0 Å². The molecule has 118 valence electrons. The third-order valence-electron chi connectivity index (χ3n) is 4.34. The molecule has 0 spiro atoms. The van der Waals surface area contributed by atoms with Crippen molar-refractivity contribution in [2.75, 3.05) is 6.54 Å². The van der Waals surface area contributed by atoms with Crippen LogP contribution in [0.4, 0.5) is 0 Å². The highest BCUT2D eigenvalue weighted by atomic mass is 32.2. The Hall–Kier alpha value is -0.870. The molecule has 0 N–H and O–H groups in total. The summed E-state index contributed by atoms with van der Waals surface area (Å²) >= 11 is 0. The van der Waals surface area contributed by atoms with Crippen LogP contribution in [-0.4, -0.2) is 25.3 Å². The maximum atomic E-state index is 12.8. The lowest BCUT2D eigenvalue weighted by atomic mass is 9.87. The van der Waals surface area contributed by atoms with E-state index in [0.717, 1.165) is 18.4 Å². The summed E-state index contributed by atoms with van der Waals surface area (Å²) in [6.45, 7) is 11.2. The molecule has 1 aromatic carbocycles. The molecule has 1 atom stereocenters. The molecule has 21 heavy (non-hydrogen) atoms. The molecule has 4 heteroatoms. The van der Waals surface area contributed by atoms with Gasteiger partial charge in [0.05, 0.1) is 4.90 Å². The van der Waals surface area contributed by atoms with E-state index >= 15 is 0 Å². The monoisotopic (exact) mass is 309 g/mol. The van der Waals surface area contributed by atoms with Gasteiger partial charge in [-0.15, -0.1) is 0 Å². The molecule has 0 aliphatic carbocycles. The van der Waals surface area contributed by atoms with Crippen LogP contribution >= 0.6 is 0 Å². The van der Waals surface area contributed by atoms with Crippen molar-refractivity contribution in [2.24, 2.45) is 5.92 Å². The van der Waals surface area contributed by atoms with Gasteiger partial charge in [0.15, 0.2) is 0 Å². The second-order valence-corrected chi connectivity index (χ2v) is 9.23. The maximum absolute atomic E-state index is 12.8. The van der Waals surface area contributed by atoms with E-state index in [4.69, 9.17) is 0 Å². The predicted molar refractivity (Wildman–Crippen MR) is 86.9 cm³/mol. The van der Waals surface area contributed by atoms with Crippen molar-refractivity contribution in [3.05, 3.63) is 29.8 Å². The van der Waals surface area contributed by atoms with Crippen molar-refractivity contribution >= 4 is 10.0 Å². The Labute approximate surface area is 129 Å². The molecule has 0 bridgehead atoms. The quantitative estimate of drug-likeness (QED) is 0.852. The standard InChI is InChI=1S/C17H27NO2S/c1-13(2)16-7-6-12-18(16)21(19,20)15-10-8-14(9-11-15)17(3,4)5/h8-11,13,16H,6-7,12H2,1-5H3. The van der Waals surface area contributed by atoms with Crippen LogP contribution in [0, 0.1) is 5.92 Å². The SMILES string of the molecule is CC(C)C1CCCN1S(=O)(=O)c1ccc(C(C)(C)C)cc1. The van der Waals surface area contributed by atoms with Crippen LogP contribution in [0.25, 0.3) is 0 Å². The zero-order valence-electron chi connectivity index (χ0n) is 13.8. The highest BCUT2D eigenvalue weighted by Gasteiger charge is 2.36. The Morgan fingerprint density at radius 2 is 1.71 bits per heavy atom. The molecule has 0 aromatic heterocycles. The van der Waals surface area contributed by atoms with Gasteiger partial charge in [-0.25, -0.2) is 8.42 Å². The Morgan fingerprint density at radius 3 is 2.19 bits per heavy atom. The number of sulfonamides is 1. The topological polar surface area (TPSA) is 37.4 Å². The smallest absolute Gasteiger partial charge is 0.207 e. The fourth-order valence-corrected chi connectivity index (χ4v) is 4.82. The average molecular weight is 309 g/mol. The normalized spacial score (nSPS) is 21.1. The number of nitrogens with zero attached hydrogens (tertiary/aromatic N) is 1. The van der Waals surface area contributed by atoms with Crippen molar-refractivity contribution in [1.82, 2.24) is 4.31 Å². The molecule has 1 saturated heterocycles. The van der Waals surface area contributed by atoms with Crippen molar-refractivity contribution in [2.45, 2.75) is 63.8 Å². The van der Waals surface area contributed by atoms with Gasteiger partial charge in [-0.2, -0.15) is 4.31 Å². The van der Waals surface area contributed by atoms with Gasteiger partial charge < -0.3 is 0 Å². The van der Waals surface area contributed by atoms with Gasteiger partial charge in [-0.1, -0.05) is 46.8 Å². The molecule has 3 nitrogen and oxygen atoms in total. The summed E-state index contributed by atoms with van der Waals surface area (Å²) in [6, 6.07) is 7.52. The minimum Gasteiger partial charge on any atom is -0.207 e. The van der Waals surface area contributed by atoms with Gasteiger partial charge in [-0.05, 0) is 41.9 Å². The minimum absolute atomic E-state index is 0.0381. The van der Waals surface area contributed by atoms with Crippen molar-refractivity contribution < 1.29 is 8.42 Å². The lowest BCUT2D eigenvalue weighted by Crippen LogP contribution is -2.38. The van der Waals surface area contributed by atoms with Crippen LogP contribution in [-0.2, 0) is 15.4 Å². The van der Waals surface area contributed by atoms with Gasteiger partial charge in [0, 0.05) is 12.6 Å². The van der Waals surface area contributed by atoms with Crippen LogP contribution < -0.4 is 0 Å². The van der Waals surface area contributed by atoms with Crippen LogP contribution in [0.15, 0.2) is 29.2 Å². The largest absolute Gasteiger partial charge is 0.243 e. The van der Waals surface area contributed by atoms with Gasteiger partial charge >= 0.3 is 0 Å². The maximum Gasteiger partial charge on any atom is 0.243 e. The van der Waals surface area contributed by atoms with Crippen molar-refractivity contribution in [1.29, 1.82) is 0 Å². The summed E-state index contributed by atoms with van der Waals surface area (Å²) in [5, 5.41) is 0. The summed E-state index contributed by atoms with van der Waals surface area (Å²) in [5.74, 6) is 0.358. The molecule has 2 rings (SSSR count). The third-order valence-corrected chi connectivity index (χ3v) is 6.28. The van der Waals surface area contributed by atoms with Crippen LogP contribution in [0.2, 0.25) is 0 Å². The molecule has 1 heterocycles. The number of hydrogen-bond acceptors (Lipinski definition) is 2. The summed E-state index contributed by atoms with van der Waals surface area (Å²) in [6.07, 6.45) is 1.93. The molecule has 0 amide bonds. The van der Waals surface area contributed by atoms with Crippen LogP contribution in [0.5, 0.6) is 0 Å². The molecule has 1 fully saturated rings. The molecular formula is C17H27NO2S. The Bertz CT molecular complexity index is 582. The van der Waals surface area contributed by atoms with Crippen LogP contribution in [0.1, 0.15) is 53.0 Å². The van der Waals surface area contributed by atoms with Crippen molar-refractivity contribution in [3.8, 4) is 0 Å². The first-order chi connectivity index (χ1) is 9.64. The van der Waals surface area contributed by atoms with Gasteiger partial charge in [0.2, 0.25) is 10.0 Å².